The molecular formula is C13H21N3. The summed E-state index contributed by atoms with van der Waals surface area (Å²) >= 11 is 0. The fourth-order valence-electron chi connectivity index (χ4n) is 1.31. The van der Waals surface area contributed by atoms with Crippen LogP contribution in [0.4, 0.5) is 5.82 Å². The molecule has 0 aliphatic carbocycles. The molecule has 3 N–H and O–H groups in total. The number of nitrogens with two attached hydrogens (primary N) is 1. The molecule has 0 aliphatic heterocycles. The van der Waals surface area contributed by atoms with Crippen molar-refractivity contribution in [3.63, 3.8) is 0 Å². The summed E-state index contributed by atoms with van der Waals surface area (Å²) in [7, 11) is 0. The highest BCUT2D eigenvalue weighted by Crippen LogP contribution is 2.09. The molecular weight excluding hydrogens is 198 g/mol. The van der Waals surface area contributed by atoms with Crippen LogP contribution in [0.2, 0.25) is 0 Å². The number of rotatable bonds is 4. The number of nitrogen functional groups attached to an aromatic ring is 1. The van der Waals surface area contributed by atoms with Gasteiger partial charge in [-0.05, 0) is 45.9 Å². The first-order valence-corrected chi connectivity index (χ1v) is 5.61. The number of anilines is 1. The molecule has 0 aromatic carbocycles. The molecule has 0 spiro atoms. The minimum absolute atomic E-state index is 0.182. The van der Waals surface area contributed by atoms with Crippen LogP contribution in [0.5, 0.6) is 0 Å². The Labute approximate surface area is 97.8 Å². The lowest BCUT2D eigenvalue weighted by Gasteiger charge is -2.19. The molecule has 0 saturated heterocycles. The third-order valence-corrected chi connectivity index (χ3v) is 2.13. The topological polar surface area (TPSA) is 50.9 Å². The maximum Gasteiger partial charge on any atom is 0.130 e. The van der Waals surface area contributed by atoms with Crippen LogP contribution in [0.15, 0.2) is 24.4 Å². The second-order valence-electron chi connectivity index (χ2n) is 4.85. The second kappa shape index (κ2) is 5.66. The van der Waals surface area contributed by atoms with E-state index < -0.39 is 0 Å². The summed E-state index contributed by atoms with van der Waals surface area (Å²) in [6, 6.07) is 3.86. The van der Waals surface area contributed by atoms with Crippen molar-refractivity contribution in [2.75, 3.05) is 12.3 Å². The molecule has 3 heteroatoms. The van der Waals surface area contributed by atoms with E-state index in [1.54, 1.807) is 6.20 Å². The molecule has 0 radical (unpaired) electrons. The van der Waals surface area contributed by atoms with Gasteiger partial charge in [-0.3, -0.25) is 0 Å². The highest BCUT2D eigenvalue weighted by Gasteiger charge is 2.06. The molecule has 0 unspecified atom stereocenters. The third kappa shape index (κ3) is 4.94. The van der Waals surface area contributed by atoms with Crippen molar-refractivity contribution >= 4 is 11.9 Å². The Morgan fingerprint density at radius 3 is 2.81 bits per heavy atom. The van der Waals surface area contributed by atoms with Crippen molar-refractivity contribution in [1.29, 1.82) is 0 Å². The first kappa shape index (κ1) is 12.7. The van der Waals surface area contributed by atoms with E-state index in [4.69, 9.17) is 5.73 Å². The first-order chi connectivity index (χ1) is 7.49. The standard InChI is InChI=1S/C13H21N3/c1-13(2,3)16-10-5-4-7-11-8-6-9-15-12(11)14/h4,6-9,16H,5,10H2,1-3H3,(H2,14,15). The fourth-order valence-corrected chi connectivity index (χ4v) is 1.31. The van der Waals surface area contributed by atoms with Crippen LogP contribution in [0, 0.1) is 0 Å². The van der Waals surface area contributed by atoms with Crippen LogP contribution in [0.25, 0.3) is 6.08 Å². The van der Waals surface area contributed by atoms with E-state index in [2.05, 4.69) is 37.1 Å². The number of aromatic nitrogens is 1. The van der Waals surface area contributed by atoms with Crippen LogP contribution in [-0.2, 0) is 0 Å². The highest BCUT2D eigenvalue weighted by atomic mass is 14.9. The molecule has 0 bridgehead atoms. The Kier molecular flexibility index (Phi) is 4.50. The van der Waals surface area contributed by atoms with Crippen LogP contribution < -0.4 is 11.1 Å². The van der Waals surface area contributed by atoms with Gasteiger partial charge in [-0.2, -0.15) is 0 Å². The molecule has 0 saturated carbocycles. The van der Waals surface area contributed by atoms with Gasteiger partial charge >= 0.3 is 0 Å². The van der Waals surface area contributed by atoms with Crippen LogP contribution >= 0.6 is 0 Å². The van der Waals surface area contributed by atoms with Crippen LogP contribution in [0.3, 0.4) is 0 Å². The molecule has 1 aromatic rings. The van der Waals surface area contributed by atoms with Gasteiger partial charge in [0, 0.05) is 17.3 Å². The van der Waals surface area contributed by atoms with Gasteiger partial charge in [0.25, 0.3) is 0 Å². The number of hydrogen-bond acceptors (Lipinski definition) is 3. The van der Waals surface area contributed by atoms with E-state index in [0.29, 0.717) is 5.82 Å². The summed E-state index contributed by atoms with van der Waals surface area (Å²) in [4.78, 5) is 4.03. The van der Waals surface area contributed by atoms with Crippen molar-refractivity contribution in [2.45, 2.75) is 32.7 Å². The molecule has 1 rings (SSSR count). The zero-order chi connectivity index (χ0) is 12.0. The predicted molar refractivity (Wildman–Crippen MR) is 70.1 cm³/mol. The van der Waals surface area contributed by atoms with E-state index in [9.17, 15) is 0 Å². The first-order valence-electron chi connectivity index (χ1n) is 5.61. The Morgan fingerprint density at radius 1 is 1.44 bits per heavy atom. The van der Waals surface area contributed by atoms with Gasteiger partial charge < -0.3 is 11.1 Å². The van der Waals surface area contributed by atoms with Gasteiger partial charge in [0.15, 0.2) is 0 Å². The largest absolute Gasteiger partial charge is 0.383 e. The average molecular weight is 219 g/mol. The van der Waals surface area contributed by atoms with Gasteiger partial charge in [0.05, 0.1) is 0 Å². The van der Waals surface area contributed by atoms with Crippen molar-refractivity contribution in [3.8, 4) is 0 Å². The van der Waals surface area contributed by atoms with E-state index in [-0.39, 0.29) is 5.54 Å². The Bertz CT molecular complexity index is 350. The molecule has 16 heavy (non-hydrogen) atoms. The minimum Gasteiger partial charge on any atom is -0.383 e. The van der Waals surface area contributed by atoms with E-state index >= 15 is 0 Å². The zero-order valence-corrected chi connectivity index (χ0v) is 10.3. The summed E-state index contributed by atoms with van der Waals surface area (Å²) < 4.78 is 0. The summed E-state index contributed by atoms with van der Waals surface area (Å²) in [5.41, 5.74) is 6.89. The Morgan fingerprint density at radius 2 is 2.19 bits per heavy atom. The van der Waals surface area contributed by atoms with Gasteiger partial charge in [-0.1, -0.05) is 12.2 Å². The maximum absolute atomic E-state index is 5.73. The molecule has 0 amide bonds. The predicted octanol–water partition coefficient (Wildman–Crippen LogP) is 2.46. The lowest BCUT2D eigenvalue weighted by Crippen LogP contribution is -2.36. The summed E-state index contributed by atoms with van der Waals surface area (Å²) in [6.45, 7) is 7.46. The van der Waals surface area contributed by atoms with Gasteiger partial charge in [-0.25, -0.2) is 4.98 Å². The third-order valence-electron chi connectivity index (χ3n) is 2.13. The van der Waals surface area contributed by atoms with Crippen LogP contribution in [-0.4, -0.2) is 17.1 Å². The number of nitrogens with zero attached hydrogens (tertiary/aromatic N) is 1. The summed E-state index contributed by atoms with van der Waals surface area (Å²) in [5.74, 6) is 0.586. The molecule has 1 aromatic heterocycles. The normalized spacial score (nSPS) is 12.2. The van der Waals surface area contributed by atoms with Crippen LogP contribution in [0.1, 0.15) is 32.8 Å². The van der Waals surface area contributed by atoms with E-state index in [1.807, 2.05) is 18.2 Å². The second-order valence-corrected chi connectivity index (χ2v) is 4.85. The number of nitrogens with one attached hydrogen (secondary N) is 1. The smallest absolute Gasteiger partial charge is 0.130 e. The summed E-state index contributed by atoms with van der Waals surface area (Å²) in [6.07, 6.45) is 6.83. The average Bonchev–Trinajstić information content (AvgIpc) is 2.18. The van der Waals surface area contributed by atoms with Crippen molar-refractivity contribution in [3.05, 3.63) is 30.0 Å². The SMILES string of the molecule is CC(C)(C)NCCC=Cc1cccnc1N. The number of pyridine rings is 1. The van der Waals surface area contributed by atoms with Gasteiger partial charge in [0.1, 0.15) is 5.82 Å². The molecule has 3 nitrogen and oxygen atoms in total. The highest BCUT2D eigenvalue weighted by molar-refractivity contribution is 5.60. The van der Waals surface area contributed by atoms with Gasteiger partial charge in [-0.15, -0.1) is 0 Å². The lowest BCUT2D eigenvalue weighted by atomic mass is 10.1. The lowest BCUT2D eigenvalue weighted by molar-refractivity contribution is 0.431. The zero-order valence-electron chi connectivity index (χ0n) is 10.3. The molecule has 0 fully saturated rings. The van der Waals surface area contributed by atoms with Gasteiger partial charge in [0.2, 0.25) is 0 Å². The summed E-state index contributed by atoms with van der Waals surface area (Å²) in [5, 5.41) is 3.42. The quantitative estimate of drug-likeness (QED) is 0.765. The fraction of sp³-hybridized carbons (Fsp3) is 0.462. The Hall–Kier alpha value is -1.35. The monoisotopic (exact) mass is 219 g/mol. The van der Waals surface area contributed by atoms with E-state index in [1.165, 1.54) is 0 Å². The molecule has 0 aliphatic rings. The molecule has 1 heterocycles. The van der Waals surface area contributed by atoms with Crippen molar-refractivity contribution in [2.24, 2.45) is 0 Å². The number of hydrogen-bond donors (Lipinski definition) is 2. The minimum atomic E-state index is 0.182. The molecule has 88 valence electrons. The van der Waals surface area contributed by atoms with Crippen molar-refractivity contribution in [1.82, 2.24) is 10.3 Å². The molecule has 0 atom stereocenters. The Balaban J connectivity index is 2.36. The maximum atomic E-state index is 5.73. The van der Waals surface area contributed by atoms with Crippen molar-refractivity contribution < 1.29 is 0 Å². The van der Waals surface area contributed by atoms with E-state index in [0.717, 1.165) is 18.5 Å².